The number of halogens is 2. The fourth-order valence-electron chi connectivity index (χ4n) is 8.60. The largest absolute Gasteiger partial charge is 0.492 e. The highest BCUT2D eigenvalue weighted by Crippen LogP contribution is 2.44. The van der Waals surface area contributed by atoms with Gasteiger partial charge < -0.3 is 29.6 Å². The Hall–Kier alpha value is -4.14. The molecule has 318 valence electrons. The highest BCUT2D eigenvalue weighted by atomic mass is 35.5. The molecular weight excluding hydrogens is 822 g/mol. The number of benzene rings is 3. The van der Waals surface area contributed by atoms with Crippen LogP contribution in [0.4, 0.5) is 5.69 Å². The minimum atomic E-state index is -4.24. The molecule has 1 aliphatic heterocycles. The number of nitrogens with zero attached hydrogens (tertiary/aromatic N) is 3. The predicted octanol–water partition coefficient (Wildman–Crippen LogP) is 9.35. The summed E-state index contributed by atoms with van der Waals surface area (Å²) in [6.45, 7) is 9.35. The van der Waals surface area contributed by atoms with Gasteiger partial charge in [-0.1, -0.05) is 54.8 Å². The molecule has 0 amide bonds. The van der Waals surface area contributed by atoms with Crippen molar-refractivity contribution in [3.63, 3.8) is 0 Å². The zero-order valence-corrected chi connectivity index (χ0v) is 36.4. The lowest BCUT2D eigenvalue weighted by molar-refractivity contribution is 0.0917. The fourth-order valence-corrected chi connectivity index (χ4v) is 10.1. The van der Waals surface area contributed by atoms with Crippen molar-refractivity contribution in [3.8, 4) is 17.2 Å². The average Bonchev–Trinajstić information content (AvgIpc) is 3.70. The number of nitrogens with one attached hydrogen (secondary N) is 2. The zero-order valence-electron chi connectivity index (χ0n) is 34.0. The van der Waals surface area contributed by atoms with E-state index in [9.17, 15) is 18.6 Å². The number of aromatic amines is 1. The third-order valence-corrected chi connectivity index (χ3v) is 14.2. The number of H-pyrrole nitrogens is 1. The van der Waals surface area contributed by atoms with Gasteiger partial charge in [0, 0.05) is 66.6 Å². The second-order valence-electron chi connectivity index (χ2n) is 17.2. The van der Waals surface area contributed by atoms with Crippen molar-refractivity contribution in [2.24, 2.45) is 11.3 Å². The number of piperazine rings is 1. The van der Waals surface area contributed by atoms with Crippen molar-refractivity contribution in [2.75, 3.05) is 44.2 Å². The first-order valence-corrected chi connectivity index (χ1v) is 23.0. The summed E-state index contributed by atoms with van der Waals surface area (Å²) in [5, 5.41) is 23.1. The maximum Gasteiger partial charge on any atom is 0.243 e. The Morgan fingerprint density at radius 3 is 2.47 bits per heavy atom. The molecule has 11 nitrogen and oxygen atoms in total. The van der Waals surface area contributed by atoms with Crippen LogP contribution >= 0.6 is 23.2 Å². The summed E-state index contributed by atoms with van der Waals surface area (Å²) in [4.78, 5) is 12.2. The summed E-state index contributed by atoms with van der Waals surface area (Å²) < 4.78 is 42.1. The van der Waals surface area contributed by atoms with Gasteiger partial charge in [-0.25, -0.2) is 13.4 Å². The number of hydrogen-bond donors (Lipinski definition) is 4. The molecule has 1 saturated carbocycles. The van der Waals surface area contributed by atoms with Crippen LogP contribution in [0.1, 0.15) is 76.1 Å². The monoisotopic (exact) mass is 873 g/mol. The minimum Gasteiger partial charge on any atom is -0.492 e. The van der Waals surface area contributed by atoms with Gasteiger partial charge in [0.2, 0.25) is 10.0 Å². The Morgan fingerprint density at radius 1 is 0.950 bits per heavy atom. The van der Waals surface area contributed by atoms with Gasteiger partial charge in [0.1, 0.15) is 29.1 Å². The number of ether oxygens (including phenoxy) is 2. The Kier molecular flexibility index (Phi) is 12.8. The van der Waals surface area contributed by atoms with E-state index in [2.05, 4.69) is 50.5 Å². The quantitative estimate of drug-likeness (QED) is 0.0853. The molecule has 0 radical (unpaired) electrons. The Balaban J connectivity index is 0.978. The summed E-state index contributed by atoms with van der Waals surface area (Å²) in [5.74, 6) is 1.40. The third kappa shape index (κ3) is 10.1. The van der Waals surface area contributed by atoms with Gasteiger partial charge in [-0.2, -0.15) is 4.72 Å². The van der Waals surface area contributed by atoms with Crippen LogP contribution in [0.5, 0.6) is 17.2 Å². The molecule has 3 heterocycles. The number of sulfonamides is 1. The van der Waals surface area contributed by atoms with Gasteiger partial charge in [0.05, 0.1) is 28.8 Å². The maximum atomic E-state index is 13.7. The number of aliphatic hydroxyl groups is 2. The molecule has 1 saturated heterocycles. The molecule has 0 bridgehead atoms. The number of fused-ring (bicyclic) bond motifs is 1. The minimum absolute atomic E-state index is 0.119. The van der Waals surface area contributed by atoms with E-state index in [0.29, 0.717) is 35.4 Å². The molecule has 60 heavy (non-hydrogen) atoms. The van der Waals surface area contributed by atoms with Gasteiger partial charge in [0.15, 0.2) is 0 Å². The van der Waals surface area contributed by atoms with Gasteiger partial charge >= 0.3 is 0 Å². The van der Waals surface area contributed by atoms with Crippen molar-refractivity contribution < 1.29 is 28.1 Å². The lowest BCUT2D eigenvalue weighted by Gasteiger charge is -2.39. The third-order valence-electron chi connectivity index (χ3n) is 12.2. The summed E-state index contributed by atoms with van der Waals surface area (Å²) in [6, 6.07) is 21.7. The first-order valence-electron chi connectivity index (χ1n) is 20.8. The van der Waals surface area contributed by atoms with E-state index >= 15 is 0 Å². The first-order chi connectivity index (χ1) is 28.8. The fraction of sp³-hybridized carbons (Fsp3) is 0.413. The van der Waals surface area contributed by atoms with E-state index in [1.165, 1.54) is 34.9 Å². The lowest BCUT2D eigenvalue weighted by Crippen LogP contribution is -2.47. The van der Waals surface area contributed by atoms with Gasteiger partial charge in [0.25, 0.3) is 0 Å². The first kappa shape index (κ1) is 42.5. The topological polar surface area (TPSA) is 140 Å². The van der Waals surface area contributed by atoms with Gasteiger partial charge in [-0.15, -0.1) is 0 Å². The van der Waals surface area contributed by atoms with Gasteiger partial charge in [-0.3, -0.25) is 4.90 Å². The summed E-state index contributed by atoms with van der Waals surface area (Å²) in [7, 11) is -4.24. The van der Waals surface area contributed by atoms with Crippen molar-refractivity contribution >= 4 is 55.5 Å². The molecule has 3 aliphatic rings. The second-order valence-corrected chi connectivity index (χ2v) is 19.8. The molecule has 1 atom stereocenters. The highest BCUT2D eigenvalue weighted by Gasteiger charge is 2.30. The Morgan fingerprint density at radius 2 is 1.72 bits per heavy atom. The van der Waals surface area contributed by atoms with Crippen molar-refractivity contribution in [2.45, 2.75) is 76.0 Å². The van der Waals surface area contributed by atoms with Crippen molar-refractivity contribution in [1.82, 2.24) is 19.6 Å². The van der Waals surface area contributed by atoms with Crippen LogP contribution in [0, 0.1) is 11.3 Å². The molecule has 2 aliphatic carbocycles. The van der Waals surface area contributed by atoms with E-state index in [0.717, 1.165) is 93.8 Å². The summed E-state index contributed by atoms with van der Waals surface area (Å²) in [6.07, 6.45) is 7.94. The van der Waals surface area contributed by atoms with E-state index in [-0.39, 0.29) is 27.0 Å². The van der Waals surface area contributed by atoms with Crippen molar-refractivity contribution in [1.29, 1.82) is 0 Å². The maximum absolute atomic E-state index is 13.7. The Bertz CT molecular complexity index is 2440. The number of hydrogen-bond acceptors (Lipinski definition) is 9. The smallest absolute Gasteiger partial charge is 0.243 e. The molecule has 8 rings (SSSR count). The van der Waals surface area contributed by atoms with E-state index < -0.39 is 16.3 Å². The van der Waals surface area contributed by atoms with Crippen molar-refractivity contribution in [3.05, 3.63) is 112 Å². The van der Waals surface area contributed by atoms with Crippen LogP contribution in [0.15, 0.2) is 95.7 Å². The predicted molar refractivity (Wildman–Crippen MR) is 237 cm³/mol. The molecule has 2 fully saturated rings. The molecule has 4 N–H and O–H groups in total. The number of aliphatic hydroxyl groups excluding tert-OH is 2. The van der Waals surface area contributed by atoms with Crippen LogP contribution in [0.25, 0.3) is 16.6 Å². The highest BCUT2D eigenvalue weighted by molar-refractivity contribution is 7.89. The number of aromatic nitrogens is 2. The molecule has 5 aromatic rings. The number of allylic oxidation sites excluding steroid dienone is 1. The molecular formula is C46H53Cl2N5O6S. The summed E-state index contributed by atoms with van der Waals surface area (Å²) >= 11 is 12.8. The van der Waals surface area contributed by atoms with Crippen LogP contribution in [0.3, 0.4) is 0 Å². The van der Waals surface area contributed by atoms with Crippen LogP contribution in [-0.4, -0.2) is 78.9 Å². The van der Waals surface area contributed by atoms with Crippen LogP contribution in [0.2, 0.25) is 10.0 Å². The van der Waals surface area contributed by atoms with Crippen LogP contribution in [-0.2, 0) is 10.0 Å². The SMILES string of the molecule is CC1(C)CCC(CN2CCN(c3ccc(C(O)NS(=O)(=O)c4ccc(OC[C@H]5CC[C@H](O)CC5)c(Cl)c4)c(Oc4cnc5[nH]ccc5c4)c3)CC2)=C(c2ccc(Cl)cc2)C1. The van der Waals surface area contributed by atoms with E-state index in [1.54, 1.807) is 18.5 Å². The molecule has 1 unspecified atom stereocenters. The van der Waals surface area contributed by atoms with Crippen LogP contribution < -0.4 is 19.1 Å². The average molecular weight is 875 g/mol. The number of pyridine rings is 1. The molecule has 2 aromatic heterocycles. The Labute approximate surface area is 362 Å². The number of rotatable bonds is 13. The second kappa shape index (κ2) is 18.1. The van der Waals surface area contributed by atoms with E-state index in [4.69, 9.17) is 32.7 Å². The molecule has 14 heteroatoms. The van der Waals surface area contributed by atoms with E-state index in [1.807, 2.05) is 36.4 Å². The lowest BCUT2D eigenvalue weighted by atomic mass is 9.72. The standard InChI is InChI=1S/C46H53Cl2N5O6S/c1-46(2)17-15-33(40(26-46)31-5-7-34(47)8-6-31)28-52-19-21-53(22-20-52)35-9-13-39(43(24-35)59-37-23-32-16-18-49-44(32)50-27-37)45(55)51-60(56,57)38-12-14-42(41(48)25-38)58-29-30-3-10-36(54)11-4-30/h5-9,12-14,16,18,23-25,27,30,36,45,51,54-55H,3-4,10-11,15,17,19-22,26,28-29H2,1-2H3,(H,49,50)/t30-,36-,45?. The number of anilines is 1. The molecule has 0 spiro atoms. The molecule has 3 aromatic carbocycles. The summed E-state index contributed by atoms with van der Waals surface area (Å²) in [5.41, 5.74) is 6.27. The van der Waals surface area contributed by atoms with Gasteiger partial charge in [-0.05, 0) is 122 Å². The zero-order chi connectivity index (χ0) is 42.0. The normalized spacial score (nSPS) is 20.7.